The molecule has 0 saturated carbocycles. The third-order valence-electron chi connectivity index (χ3n) is 5.12. The second-order valence-corrected chi connectivity index (χ2v) is 7.19. The van der Waals surface area contributed by atoms with Crippen LogP contribution in [0.15, 0.2) is 18.2 Å². The Labute approximate surface area is 149 Å². The molecule has 2 fully saturated rings. The zero-order valence-corrected chi connectivity index (χ0v) is 15.2. The summed E-state index contributed by atoms with van der Waals surface area (Å²) >= 11 is 0. The van der Waals surface area contributed by atoms with E-state index in [-0.39, 0.29) is 6.03 Å². The molecule has 0 aromatic heterocycles. The van der Waals surface area contributed by atoms with Crippen molar-refractivity contribution < 1.29 is 14.6 Å². The molecule has 1 aromatic carbocycles. The highest BCUT2D eigenvalue weighted by Gasteiger charge is 2.31. The average molecular weight is 347 g/mol. The first-order valence-electron chi connectivity index (χ1n) is 9.18. The predicted octanol–water partition coefficient (Wildman–Crippen LogP) is 1.53. The first-order valence-corrected chi connectivity index (χ1v) is 9.18. The Morgan fingerprint density at radius 3 is 2.68 bits per heavy atom. The van der Waals surface area contributed by atoms with Crippen molar-refractivity contribution in [1.29, 1.82) is 0 Å². The van der Waals surface area contributed by atoms with E-state index in [0.717, 1.165) is 50.3 Å². The van der Waals surface area contributed by atoms with Crippen molar-refractivity contribution in [3.05, 3.63) is 29.3 Å². The summed E-state index contributed by atoms with van der Waals surface area (Å²) in [5.74, 6) is 0.836. The van der Waals surface area contributed by atoms with E-state index in [1.165, 1.54) is 5.56 Å². The summed E-state index contributed by atoms with van der Waals surface area (Å²) in [6.07, 6.45) is 1.43. The van der Waals surface area contributed by atoms with Gasteiger partial charge >= 0.3 is 6.03 Å². The van der Waals surface area contributed by atoms with E-state index < -0.39 is 6.10 Å². The third-order valence-corrected chi connectivity index (χ3v) is 5.12. The minimum atomic E-state index is -0.507. The molecule has 1 atom stereocenters. The smallest absolute Gasteiger partial charge is 0.317 e. The largest absolute Gasteiger partial charge is 0.491 e. The first kappa shape index (κ1) is 18.0. The highest BCUT2D eigenvalue weighted by atomic mass is 16.5. The van der Waals surface area contributed by atoms with E-state index >= 15 is 0 Å². The van der Waals surface area contributed by atoms with Crippen molar-refractivity contribution >= 4 is 6.03 Å². The van der Waals surface area contributed by atoms with Gasteiger partial charge in [0.1, 0.15) is 18.5 Å². The van der Waals surface area contributed by atoms with Gasteiger partial charge in [-0.25, -0.2) is 4.79 Å². The van der Waals surface area contributed by atoms with Gasteiger partial charge in [0, 0.05) is 38.8 Å². The number of benzene rings is 1. The van der Waals surface area contributed by atoms with Crippen molar-refractivity contribution in [2.45, 2.75) is 38.8 Å². The number of aryl methyl sites for hydroxylation is 2. The van der Waals surface area contributed by atoms with Gasteiger partial charge in [-0.15, -0.1) is 0 Å². The number of aliphatic hydroxyl groups is 1. The summed E-state index contributed by atoms with van der Waals surface area (Å²) in [4.78, 5) is 16.0. The Kier molecular flexibility index (Phi) is 5.81. The number of aliphatic hydroxyl groups excluding tert-OH is 1. The number of hydrogen-bond acceptors (Lipinski definition) is 4. The lowest BCUT2D eigenvalue weighted by molar-refractivity contribution is 0.0507. The maximum Gasteiger partial charge on any atom is 0.317 e. The number of likely N-dealkylation sites (tertiary alicyclic amines) is 1. The van der Waals surface area contributed by atoms with E-state index in [1.54, 1.807) is 0 Å². The van der Waals surface area contributed by atoms with Crippen molar-refractivity contribution in [2.24, 2.45) is 0 Å². The lowest BCUT2D eigenvalue weighted by Crippen LogP contribution is -2.48. The molecule has 0 unspecified atom stereocenters. The molecular formula is C19H29N3O3. The molecule has 2 N–H and O–H groups in total. The monoisotopic (exact) mass is 347 g/mol. The molecule has 0 bridgehead atoms. The van der Waals surface area contributed by atoms with Gasteiger partial charge in [0.05, 0.1) is 0 Å². The normalized spacial score (nSPS) is 20.6. The molecular weight excluding hydrogens is 318 g/mol. The van der Waals surface area contributed by atoms with Crippen LogP contribution in [-0.2, 0) is 0 Å². The second kappa shape index (κ2) is 8.06. The molecule has 1 aromatic rings. The van der Waals surface area contributed by atoms with Crippen LogP contribution >= 0.6 is 0 Å². The summed E-state index contributed by atoms with van der Waals surface area (Å²) in [5, 5.41) is 13.2. The number of rotatable bonds is 6. The van der Waals surface area contributed by atoms with Crippen LogP contribution in [0.2, 0.25) is 0 Å². The fourth-order valence-electron chi connectivity index (χ4n) is 3.75. The van der Waals surface area contributed by atoms with E-state index in [2.05, 4.69) is 23.2 Å². The lowest BCUT2D eigenvalue weighted by atomic mass is 10.0. The number of urea groups is 1. The quantitative estimate of drug-likeness (QED) is 0.819. The van der Waals surface area contributed by atoms with Crippen LogP contribution in [-0.4, -0.2) is 72.4 Å². The molecule has 0 radical (unpaired) electrons. The van der Waals surface area contributed by atoms with Gasteiger partial charge < -0.3 is 25.0 Å². The summed E-state index contributed by atoms with van der Waals surface area (Å²) < 4.78 is 5.77. The van der Waals surface area contributed by atoms with Crippen LogP contribution in [0.1, 0.15) is 24.0 Å². The van der Waals surface area contributed by atoms with Crippen molar-refractivity contribution in [2.75, 3.05) is 39.3 Å². The Bertz CT molecular complexity index is 600. The Balaban J connectivity index is 1.40. The molecule has 6 heteroatoms. The molecule has 6 nitrogen and oxygen atoms in total. The number of amides is 2. The molecule has 2 aliphatic rings. The van der Waals surface area contributed by atoms with E-state index in [9.17, 15) is 9.90 Å². The number of β-amino-alcohol motifs (C(OH)–C–C–N with tert-alkyl or cyclic N) is 1. The predicted molar refractivity (Wildman–Crippen MR) is 97.0 cm³/mol. The number of carbonyl (C=O) groups is 1. The standard InChI is InChI=1S/C19H29N3O3/c1-14-3-4-18(15(2)11-14)25-13-17(23)12-21-8-5-16(6-9-21)22-10-7-20-19(22)24/h3-4,11,16-17,23H,5-10,12-13H2,1-2H3,(H,20,24)/t17-/m1/s1. The Morgan fingerprint density at radius 2 is 2.04 bits per heavy atom. The molecule has 3 rings (SSSR count). The van der Waals surface area contributed by atoms with Crippen molar-refractivity contribution in [1.82, 2.24) is 15.1 Å². The molecule has 25 heavy (non-hydrogen) atoms. The minimum Gasteiger partial charge on any atom is -0.491 e. The number of hydrogen-bond donors (Lipinski definition) is 2. The van der Waals surface area contributed by atoms with E-state index in [0.29, 0.717) is 19.2 Å². The van der Waals surface area contributed by atoms with Crippen molar-refractivity contribution in [3.63, 3.8) is 0 Å². The van der Waals surface area contributed by atoms with Crippen LogP contribution in [0.3, 0.4) is 0 Å². The van der Waals surface area contributed by atoms with Gasteiger partial charge in [-0.2, -0.15) is 0 Å². The van der Waals surface area contributed by atoms with E-state index in [1.807, 2.05) is 24.0 Å². The molecule has 2 aliphatic heterocycles. The van der Waals surface area contributed by atoms with Gasteiger partial charge in [-0.3, -0.25) is 0 Å². The number of nitrogens with zero attached hydrogens (tertiary/aromatic N) is 2. The highest BCUT2D eigenvalue weighted by molar-refractivity contribution is 5.76. The van der Waals surface area contributed by atoms with Gasteiger partial charge in [0.2, 0.25) is 0 Å². The maximum absolute atomic E-state index is 11.7. The van der Waals surface area contributed by atoms with Gasteiger partial charge in [0.15, 0.2) is 0 Å². The summed E-state index contributed by atoms with van der Waals surface area (Å²) in [5.41, 5.74) is 2.30. The Hall–Kier alpha value is -1.79. The fourth-order valence-corrected chi connectivity index (χ4v) is 3.75. The van der Waals surface area contributed by atoms with Crippen LogP contribution in [0, 0.1) is 13.8 Å². The van der Waals surface area contributed by atoms with E-state index in [4.69, 9.17) is 4.74 Å². The van der Waals surface area contributed by atoms with Gasteiger partial charge in [-0.05, 0) is 38.3 Å². The minimum absolute atomic E-state index is 0.0698. The van der Waals surface area contributed by atoms with Crippen LogP contribution in [0.25, 0.3) is 0 Å². The molecule has 0 aliphatic carbocycles. The number of ether oxygens (including phenoxy) is 1. The molecule has 0 spiro atoms. The first-order chi connectivity index (χ1) is 12.0. The fraction of sp³-hybridized carbons (Fsp3) is 0.632. The SMILES string of the molecule is Cc1ccc(OC[C@H](O)CN2CCC(N3CCNC3=O)CC2)c(C)c1. The number of nitrogens with one attached hydrogen (secondary N) is 1. The number of piperidine rings is 1. The molecule has 2 heterocycles. The summed E-state index contributed by atoms with van der Waals surface area (Å²) in [6.45, 7) is 8.39. The topological polar surface area (TPSA) is 65.0 Å². The van der Waals surface area contributed by atoms with Crippen LogP contribution < -0.4 is 10.1 Å². The maximum atomic E-state index is 11.7. The summed E-state index contributed by atoms with van der Waals surface area (Å²) in [6, 6.07) is 6.47. The highest BCUT2D eigenvalue weighted by Crippen LogP contribution is 2.20. The Morgan fingerprint density at radius 1 is 1.28 bits per heavy atom. The molecule has 138 valence electrons. The zero-order valence-electron chi connectivity index (χ0n) is 15.2. The lowest BCUT2D eigenvalue weighted by Gasteiger charge is -2.36. The average Bonchev–Trinajstić information content (AvgIpc) is 3.01. The second-order valence-electron chi connectivity index (χ2n) is 7.19. The van der Waals surface area contributed by atoms with Crippen molar-refractivity contribution in [3.8, 4) is 5.75 Å². The zero-order chi connectivity index (χ0) is 17.8. The third kappa shape index (κ3) is 4.64. The summed E-state index contributed by atoms with van der Waals surface area (Å²) in [7, 11) is 0. The van der Waals surface area contributed by atoms with Crippen LogP contribution in [0.4, 0.5) is 4.79 Å². The molecule has 2 amide bonds. The number of carbonyl (C=O) groups excluding carboxylic acids is 1. The van der Waals surface area contributed by atoms with Crippen LogP contribution in [0.5, 0.6) is 5.75 Å². The molecule has 2 saturated heterocycles. The van der Waals surface area contributed by atoms with Gasteiger partial charge in [0.25, 0.3) is 0 Å². The van der Waals surface area contributed by atoms with Gasteiger partial charge in [-0.1, -0.05) is 17.7 Å².